The topological polar surface area (TPSA) is 99.6 Å². The molecule has 6 nitrogen and oxygen atoms in total. The Balaban J connectivity index is 0.00000204. The van der Waals surface area contributed by atoms with Crippen LogP contribution in [0.3, 0.4) is 0 Å². The van der Waals surface area contributed by atoms with Gasteiger partial charge in [0.15, 0.2) is 0 Å². The van der Waals surface area contributed by atoms with Gasteiger partial charge in [-0.1, -0.05) is 49.4 Å². The molecule has 0 bridgehead atoms. The molecule has 0 saturated heterocycles. The Kier molecular flexibility index (Phi) is 10.8. The van der Waals surface area contributed by atoms with Crippen molar-refractivity contribution in [1.29, 1.82) is 5.26 Å². The summed E-state index contributed by atoms with van der Waals surface area (Å²) in [5.74, 6) is 0.0761. The average molecular weight is 413 g/mol. The SMILES string of the molecule is C=C/C=C(/CC(Nc1ncc(C#N)cn1)c1ccc(F)cc1)C(=C)NSC.CN. The summed E-state index contributed by atoms with van der Waals surface area (Å²) in [6.07, 6.45) is 8.94. The highest BCUT2D eigenvalue weighted by Crippen LogP contribution is 2.27. The Bertz CT molecular complexity index is 856. The van der Waals surface area contributed by atoms with E-state index in [0.717, 1.165) is 16.8 Å². The number of anilines is 1. The molecule has 2 aromatic rings. The van der Waals surface area contributed by atoms with Crippen molar-refractivity contribution in [2.24, 2.45) is 5.73 Å². The molecule has 29 heavy (non-hydrogen) atoms. The molecule has 2 rings (SSSR count). The molecule has 0 aliphatic heterocycles. The van der Waals surface area contributed by atoms with Gasteiger partial charge in [0.2, 0.25) is 5.95 Å². The number of nitriles is 1. The first-order chi connectivity index (χ1) is 14.1. The normalized spacial score (nSPS) is 11.3. The van der Waals surface area contributed by atoms with E-state index in [9.17, 15) is 4.39 Å². The van der Waals surface area contributed by atoms with E-state index < -0.39 is 0 Å². The molecule has 0 aliphatic rings. The molecule has 1 aromatic carbocycles. The number of hydrogen-bond acceptors (Lipinski definition) is 7. The molecule has 0 saturated carbocycles. The molecule has 1 heterocycles. The predicted molar refractivity (Wildman–Crippen MR) is 118 cm³/mol. The maximum Gasteiger partial charge on any atom is 0.223 e. The monoisotopic (exact) mass is 412 g/mol. The highest BCUT2D eigenvalue weighted by Gasteiger charge is 2.17. The van der Waals surface area contributed by atoms with Gasteiger partial charge >= 0.3 is 0 Å². The van der Waals surface area contributed by atoms with E-state index in [1.807, 2.05) is 18.4 Å². The zero-order valence-corrected chi connectivity index (χ0v) is 17.3. The summed E-state index contributed by atoms with van der Waals surface area (Å²) in [6, 6.07) is 8.01. The van der Waals surface area contributed by atoms with Crippen molar-refractivity contribution in [2.75, 3.05) is 18.6 Å². The van der Waals surface area contributed by atoms with Crippen molar-refractivity contribution >= 4 is 17.9 Å². The molecule has 0 fully saturated rings. The van der Waals surface area contributed by atoms with Crippen LogP contribution in [0.4, 0.5) is 10.3 Å². The molecule has 1 aromatic heterocycles. The number of nitrogens with two attached hydrogens (primary N) is 1. The first-order valence-corrected chi connectivity index (χ1v) is 9.91. The van der Waals surface area contributed by atoms with Crippen LogP contribution in [-0.2, 0) is 0 Å². The van der Waals surface area contributed by atoms with Gasteiger partial charge < -0.3 is 15.8 Å². The number of benzene rings is 1. The summed E-state index contributed by atoms with van der Waals surface area (Å²) in [5.41, 5.74) is 7.45. The van der Waals surface area contributed by atoms with E-state index in [2.05, 4.69) is 38.9 Å². The van der Waals surface area contributed by atoms with Gasteiger partial charge in [-0.15, -0.1) is 0 Å². The summed E-state index contributed by atoms with van der Waals surface area (Å²) in [7, 11) is 1.50. The number of nitrogens with one attached hydrogen (secondary N) is 2. The molecule has 0 aliphatic carbocycles. The number of halogens is 1. The van der Waals surface area contributed by atoms with E-state index in [4.69, 9.17) is 5.26 Å². The highest BCUT2D eigenvalue weighted by atomic mass is 32.2. The zero-order valence-electron chi connectivity index (χ0n) is 16.5. The zero-order chi connectivity index (χ0) is 21.6. The quantitative estimate of drug-likeness (QED) is 0.421. The smallest absolute Gasteiger partial charge is 0.223 e. The summed E-state index contributed by atoms with van der Waals surface area (Å²) >= 11 is 1.45. The van der Waals surface area contributed by atoms with Gasteiger partial charge in [0.25, 0.3) is 0 Å². The van der Waals surface area contributed by atoms with Crippen LogP contribution in [0.1, 0.15) is 23.6 Å². The lowest BCUT2D eigenvalue weighted by Crippen LogP contribution is -2.16. The van der Waals surface area contributed by atoms with Crippen LogP contribution < -0.4 is 15.8 Å². The van der Waals surface area contributed by atoms with E-state index in [-0.39, 0.29) is 11.9 Å². The summed E-state index contributed by atoms with van der Waals surface area (Å²) in [6.45, 7) is 7.81. The standard InChI is InChI=1S/C20H20FN5S.CH5N/c1-4-5-17(14(2)26-27-3)10-19(16-6-8-18(21)9-7-16)25-20-23-12-15(11-22)13-24-20;1-2/h4-9,12-13,19,26H,1-2,10H2,3H3,(H,23,24,25);2H2,1H3/b17-5-;. The minimum atomic E-state index is -0.303. The van der Waals surface area contributed by atoms with Crippen molar-refractivity contribution in [3.63, 3.8) is 0 Å². The van der Waals surface area contributed by atoms with Gasteiger partial charge in [-0.05, 0) is 36.7 Å². The van der Waals surface area contributed by atoms with Gasteiger partial charge in [0, 0.05) is 12.0 Å². The first-order valence-electron chi connectivity index (χ1n) is 8.69. The number of rotatable bonds is 9. The highest BCUT2D eigenvalue weighted by molar-refractivity contribution is 7.96. The predicted octanol–water partition coefficient (Wildman–Crippen LogP) is 4.10. The molecule has 4 N–H and O–H groups in total. The lowest BCUT2D eigenvalue weighted by Gasteiger charge is -2.22. The molecular weight excluding hydrogens is 387 g/mol. The van der Waals surface area contributed by atoms with Crippen LogP contribution in [0, 0.1) is 17.1 Å². The van der Waals surface area contributed by atoms with Crippen LogP contribution in [0.15, 0.2) is 73.2 Å². The Hall–Kier alpha value is -3.15. The fourth-order valence-electron chi connectivity index (χ4n) is 2.41. The van der Waals surface area contributed by atoms with Gasteiger partial charge in [0.05, 0.1) is 24.0 Å². The van der Waals surface area contributed by atoms with E-state index in [0.29, 0.717) is 17.9 Å². The fourth-order valence-corrected chi connectivity index (χ4v) is 2.78. The average Bonchev–Trinajstić information content (AvgIpc) is 2.75. The third-order valence-corrected chi connectivity index (χ3v) is 4.16. The largest absolute Gasteiger partial charge is 0.347 e. The Morgan fingerprint density at radius 2 is 1.93 bits per heavy atom. The van der Waals surface area contributed by atoms with E-state index >= 15 is 0 Å². The van der Waals surface area contributed by atoms with Gasteiger partial charge in [-0.2, -0.15) is 5.26 Å². The van der Waals surface area contributed by atoms with Crippen LogP contribution in [-0.4, -0.2) is 23.3 Å². The van der Waals surface area contributed by atoms with Gasteiger partial charge in [0.1, 0.15) is 11.9 Å². The number of nitrogens with zero attached hydrogens (tertiary/aromatic N) is 3. The summed E-state index contributed by atoms with van der Waals surface area (Å²) in [4.78, 5) is 8.33. The van der Waals surface area contributed by atoms with Crippen molar-refractivity contribution in [1.82, 2.24) is 14.7 Å². The fraction of sp³-hybridized carbons (Fsp3) is 0.190. The molecule has 0 radical (unpaired) electrons. The molecule has 8 heteroatoms. The minimum absolute atomic E-state index is 0.231. The number of hydrogen-bond donors (Lipinski definition) is 3. The Morgan fingerprint density at radius 3 is 2.45 bits per heavy atom. The number of aromatic nitrogens is 2. The Labute approximate surface area is 175 Å². The first kappa shape index (κ1) is 23.9. The van der Waals surface area contributed by atoms with Crippen molar-refractivity contribution in [3.8, 4) is 6.07 Å². The molecule has 1 unspecified atom stereocenters. The Morgan fingerprint density at radius 1 is 1.31 bits per heavy atom. The third-order valence-electron chi connectivity index (χ3n) is 3.71. The minimum Gasteiger partial charge on any atom is -0.347 e. The second-order valence-corrected chi connectivity index (χ2v) is 6.18. The van der Waals surface area contributed by atoms with Gasteiger partial charge in [-0.25, -0.2) is 14.4 Å². The van der Waals surface area contributed by atoms with Crippen molar-refractivity contribution in [2.45, 2.75) is 12.5 Å². The molecule has 0 amide bonds. The van der Waals surface area contributed by atoms with Crippen LogP contribution in [0.25, 0.3) is 0 Å². The van der Waals surface area contributed by atoms with Crippen LogP contribution in [0.5, 0.6) is 0 Å². The van der Waals surface area contributed by atoms with E-state index in [1.54, 1.807) is 18.2 Å². The maximum atomic E-state index is 13.3. The molecule has 152 valence electrons. The van der Waals surface area contributed by atoms with Crippen LogP contribution >= 0.6 is 11.9 Å². The second kappa shape index (κ2) is 13.1. The van der Waals surface area contributed by atoms with E-state index in [1.165, 1.54) is 43.5 Å². The molecular formula is C21H25FN6S. The van der Waals surface area contributed by atoms with Crippen molar-refractivity contribution < 1.29 is 4.39 Å². The lowest BCUT2D eigenvalue weighted by molar-refractivity contribution is 0.625. The third kappa shape index (κ3) is 7.78. The molecule has 0 spiro atoms. The van der Waals surface area contributed by atoms with Crippen LogP contribution in [0.2, 0.25) is 0 Å². The molecule has 1 atom stereocenters. The summed E-state index contributed by atoms with van der Waals surface area (Å²) < 4.78 is 16.5. The second-order valence-electron chi connectivity index (χ2n) is 5.57. The number of allylic oxidation sites excluding steroid dienone is 3. The summed E-state index contributed by atoms with van der Waals surface area (Å²) in [5, 5.41) is 12.1. The lowest BCUT2D eigenvalue weighted by atomic mass is 9.97. The van der Waals surface area contributed by atoms with Crippen molar-refractivity contribution in [3.05, 3.63) is 90.2 Å². The maximum absolute atomic E-state index is 13.3. The van der Waals surface area contributed by atoms with Gasteiger partial charge in [-0.3, -0.25) is 0 Å².